The molecule has 1 saturated carbocycles. The first-order valence-corrected chi connectivity index (χ1v) is 11.7. The second-order valence-electron chi connectivity index (χ2n) is 7.47. The van der Waals surface area contributed by atoms with Crippen LogP contribution in [0.3, 0.4) is 0 Å². The summed E-state index contributed by atoms with van der Waals surface area (Å²) in [6, 6.07) is 5.78. The van der Waals surface area contributed by atoms with Crippen LogP contribution in [0, 0.1) is 23.7 Å². The van der Waals surface area contributed by atoms with Gasteiger partial charge in [-0.25, -0.2) is 8.42 Å². The molecule has 150 valence electrons. The maximum absolute atomic E-state index is 12.9. The first-order chi connectivity index (χ1) is 13.9. The molecule has 3 aliphatic rings. The number of sulfonamides is 1. The minimum atomic E-state index is -3.84. The van der Waals surface area contributed by atoms with Crippen molar-refractivity contribution in [1.82, 2.24) is 10.2 Å². The lowest BCUT2D eigenvalue weighted by molar-refractivity contribution is -0.123. The van der Waals surface area contributed by atoms with Gasteiger partial charge >= 0.3 is 0 Å². The molecule has 0 spiro atoms. The SMILES string of the molecule is CCc1nnc(NS(=O)(=O)c2ccc(N3C(=O)[C@H]4[C@H](C3=O)[C@H]3C=C[C@H]4C3)cc2)s1. The lowest BCUT2D eigenvalue weighted by Crippen LogP contribution is -2.32. The molecule has 2 heterocycles. The number of aromatic nitrogens is 2. The Morgan fingerprint density at radius 1 is 1.07 bits per heavy atom. The molecule has 1 N–H and O–H groups in total. The number of hydrogen-bond donors (Lipinski definition) is 1. The quantitative estimate of drug-likeness (QED) is 0.575. The van der Waals surface area contributed by atoms with Gasteiger partial charge in [-0.15, -0.1) is 10.2 Å². The molecule has 2 aliphatic carbocycles. The molecule has 2 fully saturated rings. The average Bonchev–Trinajstić information content (AvgIpc) is 3.46. The molecule has 10 heteroatoms. The van der Waals surface area contributed by atoms with Crippen LogP contribution in [0.15, 0.2) is 41.3 Å². The second kappa shape index (κ2) is 6.46. The van der Waals surface area contributed by atoms with Gasteiger partial charge in [-0.1, -0.05) is 30.4 Å². The molecular formula is C19H18N4O4S2. The maximum atomic E-state index is 12.9. The molecular weight excluding hydrogens is 412 g/mol. The molecule has 29 heavy (non-hydrogen) atoms. The summed E-state index contributed by atoms with van der Waals surface area (Å²) in [6.07, 6.45) is 5.62. The number of aryl methyl sites for hydroxylation is 1. The summed E-state index contributed by atoms with van der Waals surface area (Å²) in [5.74, 6) is -0.677. The highest BCUT2D eigenvalue weighted by atomic mass is 32.2. The van der Waals surface area contributed by atoms with E-state index in [-0.39, 0.29) is 45.5 Å². The van der Waals surface area contributed by atoms with Gasteiger partial charge in [-0.05, 0) is 48.9 Å². The molecule has 0 unspecified atom stereocenters. The summed E-state index contributed by atoms with van der Waals surface area (Å²) in [7, 11) is -3.84. The number of nitrogens with zero attached hydrogens (tertiary/aromatic N) is 3. The Morgan fingerprint density at radius 2 is 1.69 bits per heavy atom. The van der Waals surface area contributed by atoms with Gasteiger partial charge in [-0.2, -0.15) is 0 Å². The Bertz CT molecular complexity index is 1110. The van der Waals surface area contributed by atoms with E-state index in [1.165, 1.54) is 40.5 Å². The third kappa shape index (κ3) is 2.81. The number of fused-ring (bicyclic) bond motifs is 5. The van der Waals surface area contributed by atoms with Gasteiger partial charge in [0.15, 0.2) is 0 Å². The average molecular weight is 431 g/mol. The van der Waals surface area contributed by atoms with Crippen molar-refractivity contribution in [3.05, 3.63) is 41.4 Å². The number of benzene rings is 1. The van der Waals surface area contributed by atoms with Gasteiger partial charge in [-0.3, -0.25) is 19.2 Å². The molecule has 1 aromatic carbocycles. The molecule has 1 aromatic heterocycles. The normalized spacial score (nSPS) is 27.7. The highest BCUT2D eigenvalue weighted by molar-refractivity contribution is 7.93. The molecule has 0 radical (unpaired) electrons. The molecule has 2 bridgehead atoms. The van der Waals surface area contributed by atoms with Crippen molar-refractivity contribution < 1.29 is 18.0 Å². The zero-order chi connectivity index (χ0) is 20.3. The van der Waals surface area contributed by atoms with Crippen LogP contribution in [0.4, 0.5) is 10.8 Å². The Labute approximate surface area is 171 Å². The number of carbonyl (C=O) groups is 2. The molecule has 1 saturated heterocycles. The van der Waals surface area contributed by atoms with Crippen LogP contribution >= 0.6 is 11.3 Å². The van der Waals surface area contributed by atoms with E-state index in [1.807, 2.05) is 19.1 Å². The van der Waals surface area contributed by atoms with Crippen LogP contribution in [0.5, 0.6) is 0 Å². The van der Waals surface area contributed by atoms with Crippen molar-refractivity contribution in [3.63, 3.8) is 0 Å². The third-order valence-electron chi connectivity index (χ3n) is 5.87. The first kappa shape index (κ1) is 18.4. The van der Waals surface area contributed by atoms with Crippen molar-refractivity contribution in [2.24, 2.45) is 23.7 Å². The van der Waals surface area contributed by atoms with E-state index < -0.39 is 10.0 Å². The molecule has 5 rings (SSSR count). The molecule has 1 aliphatic heterocycles. The van der Waals surface area contributed by atoms with Crippen LogP contribution in [-0.4, -0.2) is 30.4 Å². The van der Waals surface area contributed by atoms with Crippen LogP contribution in [-0.2, 0) is 26.0 Å². The maximum Gasteiger partial charge on any atom is 0.263 e. The van der Waals surface area contributed by atoms with Gasteiger partial charge in [0.2, 0.25) is 16.9 Å². The minimum Gasteiger partial charge on any atom is -0.274 e. The number of allylic oxidation sites excluding steroid dienone is 2. The molecule has 2 aromatic rings. The van der Waals surface area contributed by atoms with E-state index in [0.29, 0.717) is 12.1 Å². The summed E-state index contributed by atoms with van der Waals surface area (Å²) in [6.45, 7) is 1.91. The fourth-order valence-corrected chi connectivity index (χ4v) is 6.45. The number of hydrogen-bond acceptors (Lipinski definition) is 7. The van der Waals surface area contributed by atoms with Crippen molar-refractivity contribution in [1.29, 1.82) is 0 Å². The van der Waals surface area contributed by atoms with Crippen LogP contribution < -0.4 is 9.62 Å². The summed E-state index contributed by atoms with van der Waals surface area (Å²) >= 11 is 1.18. The lowest BCUT2D eigenvalue weighted by Gasteiger charge is -2.17. The van der Waals surface area contributed by atoms with Gasteiger partial charge in [0.25, 0.3) is 10.0 Å². The standard InChI is InChI=1S/C19H18N4O4S2/c1-2-14-20-21-19(28-14)22-29(26,27)13-7-5-12(6-8-13)23-17(24)15-10-3-4-11(9-10)16(15)18(23)25/h3-8,10-11,15-16H,2,9H2,1H3,(H,21,22)/t10-,11-,15+,16+/m0/s1. The molecule has 4 atom stereocenters. The van der Waals surface area contributed by atoms with Crippen LogP contribution in [0.25, 0.3) is 0 Å². The van der Waals surface area contributed by atoms with Gasteiger partial charge in [0.1, 0.15) is 5.01 Å². The van der Waals surface area contributed by atoms with E-state index in [9.17, 15) is 18.0 Å². The first-order valence-electron chi connectivity index (χ1n) is 9.40. The zero-order valence-corrected chi connectivity index (χ0v) is 17.1. The van der Waals surface area contributed by atoms with E-state index in [4.69, 9.17) is 0 Å². The van der Waals surface area contributed by atoms with E-state index in [0.717, 1.165) is 11.4 Å². The predicted octanol–water partition coefficient (Wildman–Crippen LogP) is 2.21. The molecule has 2 amide bonds. The highest BCUT2D eigenvalue weighted by Crippen LogP contribution is 2.53. The highest BCUT2D eigenvalue weighted by Gasteiger charge is 2.59. The fraction of sp³-hybridized carbons (Fsp3) is 0.368. The second-order valence-corrected chi connectivity index (χ2v) is 10.2. The number of rotatable bonds is 5. The van der Waals surface area contributed by atoms with Crippen molar-refractivity contribution >= 4 is 44.0 Å². The number of imide groups is 1. The number of amides is 2. The Balaban J connectivity index is 1.38. The Morgan fingerprint density at radius 3 is 2.24 bits per heavy atom. The topological polar surface area (TPSA) is 109 Å². The minimum absolute atomic E-state index is 0.0236. The summed E-state index contributed by atoms with van der Waals surface area (Å²) in [4.78, 5) is 27.0. The van der Waals surface area contributed by atoms with E-state index in [2.05, 4.69) is 14.9 Å². The van der Waals surface area contributed by atoms with Crippen molar-refractivity contribution in [2.75, 3.05) is 9.62 Å². The Kier molecular flexibility index (Phi) is 4.11. The number of nitrogens with one attached hydrogen (secondary N) is 1. The summed E-state index contributed by atoms with van der Waals surface area (Å²) < 4.78 is 27.6. The van der Waals surface area contributed by atoms with Crippen LogP contribution in [0.2, 0.25) is 0 Å². The fourth-order valence-electron chi connectivity index (χ4n) is 4.54. The summed E-state index contributed by atoms with van der Waals surface area (Å²) in [5, 5.41) is 8.66. The lowest BCUT2D eigenvalue weighted by atomic mass is 9.85. The summed E-state index contributed by atoms with van der Waals surface area (Å²) in [5.41, 5.74) is 0.400. The molecule has 8 nitrogen and oxygen atoms in total. The van der Waals surface area contributed by atoms with Crippen LogP contribution in [0.1, 0.15) is 18.4 Å². The van der Waals surface area contributed by atoms with Gasteiger partial charge < -0.3 is 0 Å². The van der Waals surface area contributed by atoms with Gasteiger partial charge in [0, 0.05) is 0 Å². The van der Waals surface area contributed by atoms with Crippen molar-refractivity contribution in [2.45, 2.75) is 24.7 Å². The third-order valence-corrected chi connectivity index (χ3v) is 8.33. The smallest absolute Gasteiger partial charge is 0.263 e. The van der Waals surface area contributed by atoms with Gasteiger partial charge in [0.05, 0.1) is 22.4 Å². The Hall–Kier alpha value is -2.59. The predicted molar refractivity (Wildman–Crippen MR) is 107 cm³/mol. The van der Waals surface area contributed by atoms with Crippen molar-refractivity contribution in [3.8, 4) is 0 Å². The zero-order valence-electron chi connectivity index (χ0n) is 15.5. The van der Waals surface area contributed by atoms with E-state index >= 15 is 0 Å². The van der Waals surface area contributed by atoms with E-state index in [1.54, 1.807) is 0 Å². The monoisotopic (exact) mass is 430 g/mol. The number of anilines is 2. The number of carbonyl (C=O) groups excluding carboxylic acids is 2. The largest absolute Gasteiger partial charge is 0.274 e.